The van der Waals surface area contributed by atoms with Crippen molar-refractivity contribution in [3.05, 3.63) is 48.2 Å². The maximum Gasteiger partial charge on any atom is 0.201 e. The Morgan fingerprint density at radius 2 is 2.11 bits per heavy atom. The van der Waals surface area contributed by atoms with E-state index in [0.717, 1.165) is 11.5 Å². The fraction of sp³-hybridized carbons (Fsp3) is 0.333. The molecule has 1 aromatic carbocycles. The van der Waals surface area contributed by atoms with Crippen molar-refractivity contribution in [2.24, 2.45) is 0 Å². The lowest BCUT2D eigenvalue weighted by Gasteiger charge is -2.04. The van der Waals surface area contributed by atoms with E-state index in [1.807, 2.05) is 37.3 Å². The number of aryl methyl sites for hydroxylation is 1. The van der Waals surface area contributed by atoms with Gasteiger partial charge in [0.2, 0.25) is 5.89 Å². The van der Waals surface area contributed by atoms with Gasteiger partial charge >= 0.3 is 0 Å². The van der Waals surface area contributed by atoms with E-state index in [-0.39, 0.29) is 12.2 Å². The van der Waals surface area contributed by atoms with Crippen molar-refractivity contribution in [1.29, 1.82) is 0 Å². The molecule has 0 spiro atoms. The predicted molar refractivity (Wildman–Crippen MR) is 71.1 cm³/mol. The third-order valence-corrected chi connectivity index (χ3v) is 2.63. The highest BCUT2D eigenvalue weighted by Crippen LogP contribution is 2.09. The molecule has 0 N–H and O–H groups in total. The topological polar surface area (TPSA) is 52.3 Å². The van der Waals surface area contributed by atoms with Crippen molar-refractivity contribution in [3.8, 4) is 5.75 Å². The molecule has 0 saturated heterocycles. The van der Waals surface area contributed by atoms with E-state index in [0.29, 0.717) is 25.3 Å². The Morgan fingerprint density at radius 1 is 1.32 bits per heavy atom. The number of aromatic nitrogens is 1. The minimum absolute atomic E-state index is 0.124. The van der Waals surface area contributed by atoms with Gasteiger partial charge in [-0.2, -0.15) is 0 Å². The Kier molecular flexibility index (Phi) is 4.72. The summed E-state index contributed by atoms with van der Waals surface area (Å²) in [6.07, 6.45) is 3.07. The number of para-hydroxylation sites is 1. The first kappa shape index (κ1) is 13.3. The first-order chi connectivity index (χ1) is 9.24. The van der Waals surface area contributed by atoms with Crippen LogP contribution in [0.15, 0.2) is 40.9 Å². The molecular formula is C15H17NO3. The van der Waals surface area contributed by atoms with Crippen LogP contribution in [0.3, 0.4) is 0 Å². The third kappa shape index (κ3) is 4.58. The average Bonchev–Trinajstić information content (AvgIpc) is 2.81. The molecule has 0 atom stereocenters. The molecule has 1 aromatic heterocycles. The molecule has 0 saturated carbocycles. The SMILES string of the molecule is Cc1cnc(CC(=O)CCCOc2ccccc2)o1. The molecule has 0 unspecified atom stereocenters. The number of hydrogen-bond donors (Lipinski definition) is 0. The second kappa shape index (κ2) is 6.73. The Morgan fingerprint density at radius 3 is 2.79 bits per heavy atom. The van der Waals surface area contributed by atoms with E-state index in [9.17, 15) is 4.79 Å². The number of nitrogens with zero attached hydrogens (tertiary/aromatic N) is 1. The predicted octanol–water partition coefficient (Wildman–Crippen LogP) is 2.95. The zero-order chi connectivity index (χ0) is 13.5. The van der Waals surface area contributed by atoms with E-state index >= 15 is 0 Å². The zero-order valence-corrected chi connectivity index (χ0v) is 11.0. The lowest BCUT2D eigenvalue weighted by Crippen LogP contribution is -2.06. The number of Topliss-reactive ketones (excluding diaryl/α,β-unsaturated/α-hetero) is 1. The molecule has 100 valence electrons. The average molecular weight is 259 g/mol. The van der Waals surface area contributed by atoms with Gasteiger partial charge in [0, 0.05) is 6.42 Å². The molecule has 0 aliphatic heterocycles. The molecule has 0 aliphatic rings. The monoisotopic (exact) mass is 259 g/mol. The Hall–Kier alpha value is -2.10. The molecule has 19 heavy (non-hydrogen) atoms. The normalized spacial score (nSPS) is 10.4. The second-order valence-electron chi connectivity index (χ2n) is 4.35. The van der Waals surface area contributed by atoms with Crippen LogP contribution in [-0.4, -0.2) is 17.4 Å². The number of hydrogen-bond acceptors (Lipinski definition) is 4. The Labute approximate surface area is 112 Å². The van der Waals surface area contributed by atoms with E-state index in [1.54, 1.807) is 6.20 Å². The maximum atomic E-state index is 11.7. The zero-order valence-electron chi connectivity index (χ0n) is 11.0. The second-order valence-corrected chi connectivity index (χ2v) is 4.35. The van der Waals surface area contributed by atoms with Gasteiger partial charge in [-0.15, -0.1) is 0 Å². The fourth-order valence-corrected chi connectivity index (χ4v) is 1.72. The van der Waals surface area contributed by atoms with Gasteiger partial charge in [-0.25, -0.2) is 4.98 Å². The molecule has 2 rings (SSSR count). The fourth-order valence-electron chi connectivity index (χ4n) is 1.72. The summed E-state index contributed by atoms with van der Waals surface area (Å²) in [7, 11) is 0. The van der Waals surface area contributed by atoms with Gasteiger partial charge in [0.05, 0.1) is 19.2 Å². The summed E-state index contributed by atoms with van der Waals surface area (Å²) in [5, 5.41) is 0. The van der Waals surface area contributed by atoms with Gasteiger partial charge in [0.15, 0.2) is 0 Å². The summed E-state index contributed by atoms with van der Waals surface area (Å²) in [6, 6.07) is 9.58. The van der Waals surface area contributed by atoms with Crippen molar-refractivity contribution in [3.63, 3.8) is 0 Å². The smallest absolute Gasteiger partial charge is 0.201 e. The van der Waals surface area contributed by atoms with Gasteiger partial charge in [0.1, 0.15) is 17.3 Å². The molecule has 4 nitrogen and oxygen atoms in total. The highest BCUT2D eigenvalue weighted by Gasteiger charge is 2.08. The molecule has 2 aromatic rings. The third-order valence-electron chi connectivity index (χ3n) is 2.63. The molecular weight excluding hydrogens is 242 g/mol. The van der Waals surface area contributed by atoms with Gasteiger partial charge in [-0.1, -0.05) is 18.2 Å². The molecule has 0 radical (unpaired) electrons. The van der Waals surface area contributed by atoms with Crippen molar-refractivity contribution in [1.82, 2.24) is 4.98 Å². The van der Waals surface area contributed by atoms with Crippen LogP contribution in [-0.2, 0) is 11.2 Å². The summed E-state index contributed by atoms with van der Waals surface area (Å²) in [5.41, 5.74) is 0. The summed E-state index contributed by atoms with van der Waals surface area (Å²) in [5.74, 6) is 2.18. The first-order valence-corrected chi connectivity index (χ1v) is 6.35. The molecule has 1 heterocycles. The minimum atomic E-state index is 0.124. The minimum Gasteiger partial charge on any atom is -0.494 e. The highest BCUT2D eigenvalue weighted by atomic mass is 16.5. The summed E-state index contributed by atoms with van der Waals surface area (Å²) in [6.45, 7) is 2.36. The lowest BCUT2D eigenvalue weighted by atomic mass is 10.2. The molecule has 0 aliphatic carbocycles. The van der Waals surface area contributed by atoms with E-state index in [2.05, 4.69) is 4.98 Å². The van der Waals surface area contributed by atoms with Crippen LogP contribution in [0, 0.1) is 6.92 Å². The van der Waals surface area contributed by atoms with Crippen LogP contribution in [0.25, 0.3) is 0 Å². The number of carbonyl (C=O) groups is 1. The van der Waals surface area contributed by atoms with E-state index < -0.39 is 0 Å². The highest BCUT2D eigenvalue weighted by molar-refractivity contribution is 5.79. The first-order valence-electron chi connectivity index (χ1n) is 6.35. The maximum absolute atomic E-state index is 11.7. The summed E-state index contributed by atoms with van der Waals surface area (Å²) in [4.78, 5) is 15.7. The Balaban J connectivity index is 1.64. The number of carbonyl (C=O) groups excluding carboxylic acids is 1. The molecule has 4 heteroatoms. The van der Waals surface area contributed by atoms with Crippen molar-refractivity contribution < 1.29 is 13.9 Å². The number of benzene rings is 1. The van der Waals surface area contributed by atoms with Crippen LogP contribution in [0.5, 0.6) is 5.75 Å². The van der Waals surface area contributed by atoms with E-state index in [4.69, 9.17) is 9.15 Å². The van der Waals surface area contributed by atoms with Crippen LogP contribution < -0.4 is 4.74 Å². The van der Waals surface area contributed by atoms with Crippen LogP contribution >= 0.6 is 0 Å². The van der Waals surface area contributed by atoms with Crippen molar-refractivity contribution in [2.45, 2.75) is 26.2 Å². The summed E-state index contributed by atoms with van der Waals surface area (Å²) < 4.78 is 10.8. The molecule has 0 fully saturated rings. The quantitative estimate of drug-likeness (QED) is 0.717. The van der Waals surface area contributed by atoms with Crippen LogP contribution in [0.1, 0.15) is 24.5 Å². The number of oxazole rings is 1. The van der Waals surface area contributed by atoms with Gasteiger partial charge in [0.25, 0.3) is 0 Å². The van der Waals surface area contributed by atoms with Gasteiger partial charge < -0.3 is 9.15 Å². The van der Waals surface area contributed by atoms with Gasteiger partial charge in [-0.05, 0) is 25.5 Å². The molecule has 0 amide bonds. The number of rotatable bonds is 7. The van der Waals surface area contributed by atoms with Gasteiger partial charge in [-0.3, -0.25) is 4.79 Å². The molecule has 0 bridgehead atoms. The van der Waals surface area contributed by atoms with Crippen molar-refractivity contribution in [2.75, 3.05) is 6.61 Å². The van der Waals surface area contributed by atoms with Crippen LogP contribution in [0.2, 0.25) is 0 Å². The standard InChI is InChI=1S/C15H17NO3/c1-12-11-16-15(19-12)10-13(17)6-5-9-18-14-7-3-2-4-8-14/h2-4,7-8,11H,5-6,9-10H2,1H3. The van der Waals surface area contributed by atoms with Crippen molar-refractivity contribution >= 4 is 5.78 Å². The largest absolute Gasteiger partial charge is 0.494 e. The van der Waals surface area contributed by atoms with Crippen LogP contribution in [0.4, 0.5) is 0 Å². The number of ether oxygens (including phenoxy) is 1. The Bertz CT molecular complexity index is 519. The number of ketones is 1. The van der Waals surface area contributed by atoms with E-state index in [1.165, 1.54) is 0 Å². The summed E-state index contributed by atoms with van der Waals surface area (Å²) >= 11 is 0. The lowest BCUT2D eigenvalue weighted by molar-refractivity contribution is -0.118.